The number of hydrogen-bond acceptors (Lipinski definition) is 4. The van der Waals surface area contributed by atoms with Gasteiger partial charge in [-0.2, -0.15) is 0 Å². The zero-order valence-corrected chi connectivity index (χ0v) is 11.7. The second kappa shape index (κ2) is 6.66. The molecule has 100 valence electrons. The van der Waals surface area contributed by atoms with Crippen molar-refractivity contribution in [2.75, 3.05) is 6.61 Å². The Bertz CT molecular complexity index is 426. The van der Waals surface area contributed by atoms with E-state index in [0.717, 1.165) is 6.42 Å². The number of rotatable bonds is 6. The minimum Gasteiger partial charge on any atom is -0.394 e. The van der Waals surface area contributed by atoms with Crippen molar-refractivity contribution in [3.05, 3.63) is 21.9 Å². The molecule has 0 spiro atoms. The van der Waals surface area contributed by atoms with Gasteiger partial charge in [0.25, 0.3) is 5.91 Å². The second-order valence-corrected chi connectivity index (χ2v) is 5.65. The number of aliphatic hydroxyl groups is 1. The summed E-state index contributed by atoms with van der Waals surface area (Å²) in [7, 11) is 0. The van der Waals surface area contributed by atoms with Crippen LogP contribution < -0.4 is 5.32 Å². The Kier molecular flexibility index (Phi) is 5.50. The van der Waals surface area contributed by atoms with Crippen molar-refractivity contribution in [1.29, 1.82) is 0 Å². The number of carbonyl (C=O) groups excluding carboxylic acids is 2. The zero-order chi connectivity index (χ0) is 13.7. The molecule has 0 bridgehead atoms. The summed E-state index contributed by atoms with van der Waals surface area (Å²) in [6.45, 7) is 5.47. The highest BCUT2D eigenvalue weighted by Crippen LogP contribution is 2.15. The monoisotopic (exact) mass is 269 g/mol. The Morgan fingerprint density at radius 1 is 1.44 bits per heavy atom. The molecule has 0 fully saturated rings. The molecule has 0 saturated carbocycles. The number of hydrogen-bond donors (Lipinski definition) is 2. The van der Waals surface area contributed by atoms with Gasteiger partial charge in [-0.1, -0.05) is 13.8 Å². The van der Waals surface area contributed by atoms with E-state index in [-0.39, 0.29) is 24.3 Å². The molecule has 4 nitrogen and oxygen atoms in total. The van der Waals surface area contributed by atoms with Gasteiger partial charge in [0.2, 0.25) is 0 Å². The van der Waals surface area contributed by atoms with Gasteiger partial charge in [-0.3, -0.25) is 9.59 Å². The third-order valence-corrected chi connectivity index (χ3v) is 3.47. The fraction of sp³-hybridized carbons (Fsp3) is 0.538. The first-order valence-corrected chi connectivity index (χ1v) is 6.83. The van der Waals surface area contributed by atoms with Gasteiger partial charge < -0.3 is 10.4 Å². The molecule has 0 aliphatic heterocycles. The van der Waals surface area contributed by atoms with Crippen LogP contribution in [0, 0.1) is 5.92 Å². The molecule has 1 amide bonds. The number of Topliss-reactive ketones (excluding diaryl/α,β-unsaturated/α-hetero) is 1. The molecule has 1 aromatic heterocycles. The Labute approximate surface area is 111 Å². The van der Waals surface area contributed by atoms with Gasteiger partial charge in [-0.15, -0.1) is 11.3 Å². The van der Waals surface area contributed by atoms with Crippen molar-refractivity contribution < 1.29 is 14.7 Å². The van der Waals surface area contributed by atoms with Crippen molar-refractivity contribution in [3.63, 3.8) is 0 Å². The van der Waals surface area contributed by atoms with E-state index in [1.165, 1.54) is 18.3 Å². The maximum absolute atomic E-state index is 11.9. The van der Waals surface area contributed by atoms with Crippen LogP contribution in [-0.2, 0) is 0 Å². The van der Waals surface area contributed by atoms with Gasteiger partial charge in [0, 0.05) is 10.9 Å². The topological polar surface area (TPSA) is 66.4 Å². The molecule has 0 radical (unpaired) electrons. The van der Waals surface area contributed by atoms with Crippen LogP contribution in [0.15, 0.2) is 11.4 Å². The van der Waals surface area contributed by atoms with Crippen molar-refractivity contribution in [2.24, 2.45) is 5.92 Å². The SMILES string of the molecule is CC(=O)c1csc(C(=O)NC(CO)CC(C)C)c1. The summed E-state index contributed by atoms with van der Waals surface area (Å²) >= 11 is 1.24. The van der Waals surface area contributed by atoms with Gasteiger partial charge >= 0.3 is 0 Å². The van der Waals surface area contributed by atoms with Gasteiger partial charge in [0.05, 0.1) is 17.5 Å². The van der Waals surface area contributed by atoms with E-state index in [2.05, 4.69) is 5.32 Å². The highest BCUT2D eigenvalue weighted by atomic mass is 32.1. The molecule has 0 aliphatic carbocycles. The first kappa shape index (κ1) is 14.9. The van der Waals surface area contributed by atoms with Gasteiger partial charge in [0.15, 0.2) is 5.78 Å². The third kappa shape index (κ3) is 4.23. The third-order valence-electron chi connectivity index (χ3n) is 2.54. The quantitative estimate of drug-likeness (QED) is 0.777. The van der Waals surface area contributed by atoms with Crippen LogP contribution in [0.3, 0.4) is 0 Å². The molecule has 18 heavy (non-hydrogen) atoms. The fourth-order valence-electron chi connectivity index (χ4n) is 1.64. The lowest BCUT2D eigenvalue weighted by Gasteiger charge is -2.17. The maximum Gasteiger partial charge on any atom is 0.261 e. The van der Waals surface area contributed by atoms with E-state index in [1.807, 2.05) is 13.8 Å². The summed E-state index contributed by atoms with van der Waals surface area (Å²) in [6.07, 6.45) is 0.729. The number of amides is 1. The van der Waals surface area contributed by atoms with Crippen LogP contribution in [0.5, 0.6) is 0 Å². The molecular formula is C13H19NO3S. The summed E-state index contributed by atoms with van der Waals surface area (Å²) in [5.41, 5.74) is 0.551. The van der Waals surface area contributed by atoms with Gasteiger partial charge in [0.1, 0.15) is 0 Å². The Hall–Kier alpha value is -1.20. The van der Waals surface area contributed by atoms with Crippen molar-refractivity contribution in [2.45, 2.75) is 33.2 Å². The molecule has 1 atom stereocenters. The van der Waals surface area contributed by atoms with Crippen molar-refractivity contribution in [1.82, 2.24) is 5.32 Å². The summed E-state index contributed by atoms with van der Waals surface area (Å²) in [5, 5.41) is 13.6. The Morgan fingerprint density at radius 3 is 2.56 bits per heavy atom. The summed E-state index contributed by atoms with van der Waals surface area (Å²) in [5.74, 6) is 0.122. The van der Waals surface area contributed by atoms with E-state index in [4.69, 9.17) is 0 Å². The predicted molar refractivity (Wildman–Crippen MR) is 72.1 cm³/mol. The zero-order valence-electron chi connectivity index (χ0n) is 10.9. The van der Waals surface area contributed by atoms with Crippen LogP contribution >= 0.6 is 11.3 Å². The standard InChI is InChI=1S/C13H19NO3S/c1-8(2)4-11(6-15)14-13(17)12-5-10(7-18-12)9(3)16/h5,7-8,11,15H,4,6H2,1-3H3,(H,14,17). The van der Waals surface area contributed by atoms with Crippen LogP contribution in [0.25, 0.3) is 0 Å². The molecule has 1 aromatic rings. The van der Waals surface area contributed by atoms with Gasteiger partial charge in [-0.05, 0) is 25.3 Å². The molecule has 1 unspecified atom stereocenters. The molecule has 0 aliphatic rings. The number of ketones is 1. The summed E-state index contributed by atoms with van der Waals surface area (Å²) in [6, 6.07) is 1.35. The average molecular weight is 269 g/mol. The molecule has 1 heterocycles. The molecule has 0 aromatic carbocycles. The second-order valence-electron chi connectivity index (χ2n) is 4.74. The highest BCUT2D eigenvalue weighted by molar-refractivity contribution is 7.12. The fourth-order valence-corrected chi connectivity index (χ4v) is 2.49. The highest BCUT2D eigenvalue weighted by Gasteiger charge is 2.16. The first-order chi connectivity index (χ1) is 8.43. The van der Waals surface area contributed by atoms with Gasteiger partial charge in [-0.25, -0.2) is 0 Å². The number of nitrogens with one attached hydrogen (secondary N) is 1. The average Bonchev–Trinajstić information content (AvgIpc) is 2.76. The van der Waals surface area contributed by atoms with E-state index in [9.17, 15) is 14.7 Å². The minimum atomic E-state index is -0.236. The molecule has 2 N–H and O–H groups in total. The van der Waals surface area contributed by atoms with E-state index in [0.29, 0.717) is 16.4 Å². The molecule has 1 rings (SSSR count). The summed E-state index contributed by atoms with van der Waals surface area (Å²) < 4.78 is 0. The predicted octanol–water partition coefficient (Wildman–Crippen LogP) is 2.09. The number of aliphatic hydroxyl groups excluding tert-OH is 1. The normalized spacial score (nSPS) is 12.5. The lowest BCUT2D eigenvalue weighted by atomic mass is 10.0. The van der Waals surface area contributed by atoms with E-state index >= 15 is 0 Å². The van der Waals surface area contributed by atoms with Crippen molar-refractivity contribution >= 4 is 23.0 Å². The molecule has 5 heteroatoms. The van der Waals surface area contributed by atoms with Crippen LogP contribution in [0.2, 0.25) is 0 Å². The van der Waals surface area contributed by atoms with E-state index < -0.39 is 0 Å². The molecule has 0 saturated heterocycles. The Morgan fingerprint density at radius 2 is 2.11 bits per heavy atom. The minimum absolute atomic E-state index is 0.0498. The summed E-state index contributed by atoms with van der Waals surface area (Å²) in [4.78, 5) is 23.6. The van der Waals surface area contributed by atoms with E-state index in [1.54, 1.807) is 11.4 Å². The van der Waals surface area contributed by atoms with Crippen LogP contribution in [0.4, 0.5) is 0 Å². The smallest absolute Gasteiger partial charge is 0.261 e. The Balaban J connectivity index is 2.65. The first-order valence-electron chi connectivity index (χ1n) is 5.95. The maximum atomic E-state index is 11.9. The largest absolute Gasteiger partial charge is 0.394 e. The lowest BCUT2D eigenvalue weighted by molar-refractivity contribution is 0.0912. The molecular weight excluding hydrogens is 250 g/mol. The lowest BCUT2D eigenvalue weighted by Crippen LogP contribution is -2.38. The van der Waals surface area contributed by atoms with Crippen LogP contribution in [0.1, 0.15) is 47.2 Å². The van der Waals surface area contributed by atoms with Crippen LogP contribution in [-0.4, -0.2) is 29.4 Å². The number of thiophene rings is 1. The van der Waals surface area contributed by atoms with Crippen molar-refractivity contribution in [3.8, 4) is 0 Å². The number of carbonyl (C=O) groups is 2.